The van der Waals surface area contributed by atoms with E-state index in [1.165, 1.54) is 0 Å². The summed E-state index contributed by atoms with van der Waals surface area (Å²) < 4.78 is 199. The Hall–Kier alpha value is -0.320. The molecule has 0 heterocycles. The Morgan fingerprint density at radius 1 is 0.545 bits per heavy atom. The molecule has 0 nitrogen and oxygen atoms in total. The molecule has 2 unspecified atom stereocenters. The highest BCUT2D eigenvalue weighted by Crippen LogP contribution is 2.63. The van der Waals surface area contributed by atoms with Gasteiger partial charge in [-0.15, -0.1) is 0 Å². The van der Waals surface area contributed by atoms with E-state index in [0.717, 1.165) is 29.5 Å². The Morgan fingerprint density at radius 2 is 0.939 bits per heavy atom. The fourth-order valence-electron chi connectivity index (χ4n) is 2.92. The molecule has 0 amide bonds. The fourth-order valence-corrected chi connectivity index (χ4v) is 4.32. The van der Waals surface area contributed by atoms with Gasteiger partial charge < -0.3 is 0 Å². The number of hydrogen-bond donors (Lipinski definition) is 0. The van der Waals surface area contributed by atoms with Crippen LogP contribution in [-0.4, -0.2) is 45.6 Å². The maximum absolute atomic E-state index is 14.4. The van der Waals surface area contributed by atoms with Gasteiger partial charge in [0.25, 0.3) is 0 Å². The van der Waals surface area contributed by atoms with Gasteiger partial charge in [0.15, 0.2) is 0 Å². The summed E-state index contributed by atoms with van der Waals surface area (Å²) in [4.78, 5) is 0. The van der Waals surface area contributed by atoms with Crippen LogP contribution in [0.4, 0.5) is 65.9 Å². The van der Waals surface area contributed by atoms with E-state index in [1.807, 2.05) is 0 Å². The normalized spacial score (nSPS) is 17.3. The van der Waals surface area contributed by atoms with E-state index in [0.29, 0.717) is 19.3 Å². The zero-order valence-corrected chi connectivity index (χ0v) is 19.1. The summed E-state index contributed by atoms with van der Waals surface area (Å²) in [6.45, 7) is 2.53. The molecule has 0 radical (unpaired) electrons. The molecule has 0 aliphatic rings. The highest BCUT2D eigenvalue weighted by molar-refractivity contribution is 14.1. The molecule has 33 heavy (non-hydrogen) atoms. The summed E-state index contributed by atoms with van der Waals surface area (Å²) in [5.74, 6) is -48.8. The third-order valence-electron chi connectivity index (χ3n) is 5.03. The molecule has 0 fully saturated rings. The largest absolute Gasteiger partial charge is 0.460 e. The first-order chi connectivity index (χ1) is 14.4. The van der Waals surface area contributed by atoms with Crippen molar-refractivity contribution in [3.63, 3.8) is 0 Å². The van der Waals surface area contributed by atoms with E-state index in [2.05, 4.69) is 0 Å². The van der Waals surface area contributed by atoms with Crippen LogP contribution in [0.5, 0.6) is 0 Å². The van der Waals surface area contributed by atoms with Gasteiger partial charge >= 0.3 is 41.7 Å². The predicted octanol–water partition coefficient (Wildman–Crippen LogP) is 9.16. The van der Waals surface area contributed by atoms with Crippen molar-refractivity contribution in [2.24, 2.45) is 5.92 Å². The van der Waals surface area contributed by atoms with Crippen molar-refractivity contribution in [1.29, 1.82) is 0 Å². The van der Waals surface area contributed by atoms with E-state index in [9.17, 15) is 65.9 Å². The van der Waals surface area contributed by atoms with Gasteiger partial charge in [-0.3, -0.25) is 0 Å². The van der Waals surface area contributed by atoms with Crippen molar-refractivity contribution in [1.82, 2.24) is 0 Å². The third-order valence-corrected chi connectivity index (χ3v) is 6.52. The molecule has 0 aromatic heterocycles. The zero-order valence-electron chi connectivity index (χ0n) is 16.9. The van der Waals surface area contributed by atoms with Crippen molar-refractivity contribution < 1.29 is 65.9 Å². The van der Waals surface area contributed by atoms with Gasteiger partial charge in [0, 0.05) is 9.84 Å². The first kappa shape index (κ1) is 32.7. The lowest BCUT2D eigenvalue weighted by Crippen LogP contribution is -2.73. The lowest BCUT2D eigenvalue weighted by Gasteiger charge is -2.43. The molecule has 0 aliphatic carbocycles. The maximum atomic E-state index is 14.4. The SMILES string of the molecule is CCCCCCC(I)C(CC)C(F)(F)C(F)(F)C(F)(F)C(F)(F)C(F)(F)C(F)(F)C(F)(F)F. The second-order valence-electron chi connectivity index (χ2n) is 7.37. The van der Waals surface area contributed by atoms with Gasteiger partial charge in [-0.05, 0) is 12.8 Å². The molecule has 200 valence electrons. The maximum Gasteiger partial charge on any atom is 0.460 e. The van der Waals surface area contributed by atoms with Gasteiger partial charge in [0.1, 0.15) is 0 Å². The Bertz CT molecular complexity index is 626. The van der Waals surface area contributed by atoms with E-state index in [-0.39, 0.29) is 12.8 Å². The summed E-state index contributed by atoms with van der Waals surface area (Å²) >= 11 is 1.15. The summed E-state index contributed by atoms with van der Waals surface area (Å²) in [6, 6.07) is 0. The summed E-state index contributed by atoms with van der Waals surface area (Å²) in [7, 11) is 0. The Morgan fingerprint density at radius 3 is 1.30 bits per heavy atom. The molecule has 0 saturated carbocycles. The molecule has 0 spiro atoms. The molecular weight excluding hydrogens is 616 g/mol. The molecule has 16 heteroatoms. The molecule has 0 rings (SSSR count). The number of unbranched alkanes of at least 4 members (excludes halogenated alkanes) is 3. The van der Waals surface area contributed by atoms with Crippen molar-refractivity contribution >= 4 is 22.6 Å². The number of alkyl halides is 16. The molecule has 0 aromatic rings. The highest BCUT2D eigenvalue weighted by atomic mass is 127. The fraction of sp³-hybridized carbons (Fsp3) is 1.00. The van der Waals surface area contributed by atoms with Crippen LogP contribution in [0.3, 0.4) is 0 Å². The zero-order chi connectivity index (χ0) is 26.9. The molecule has 2 atom stereocenters. The van der Waals surface area contributed by atoms with E-state index in [4.69, 9.17) is 0 Å². The van der Waals surface area contributed by atoms with Gasteiger partial charge in [-0.2, -0.15) is 65.9 Å². The first-order valence-corrected chi connectivity index (χ1v) is 10.7. The molecule has 0 aliphatic heterocycles. The van der Waals surface area contributed by atoms with Gasteiger partial charge in [0.05, 0.1) is 0 Å². The van der Waals surface area contributed by atoms with Crippen LogP contribution in [0.1, 0.15) is 52.4 Å². The minimum Gasteiger partial charge on any atom is -0.199 e. The van der Waals surface area contributed by atoms with Crippen molar-refractivity contribution in [2.45, 2.75) is 98.0 Å². The van der Waals surface area contributed by atoms with Crippen LogP contribution in [0, 0.1) is 5.92 Å². The lowest BCUT2D eigenvalue weighted by atomic mass is 9.82. The van der Waals surface area contributed by atoms with Crippen LogP contribution in [-0.2, 0) is 0 Å². The molecule has 0 bridgehead atoms. The standard InChI is InChI=1S/C17H20F15I/c1-3-5-6-7-8-10(33)9(4-2)11(18,19)12(20,21)13(22,23)14(24,25)15(26,27)16(28,29)17(30,31)32/h9-10H,3-8H2,1-2H3. The van der Waals surface area contributed by atoms with E-state index >= 15 is 0 Å². The van der Waals surface area contributed by atoms with Crippen LogP contribution < -0.4 is 0 Å². The summed E-state index contributed by atoms with van der Waals surface area (Å²) in [6.07, 6.45) is -7.17. The van der Waals surface area contributed by atoms with Gasteiger partial charge in [-0.25, -0.2) is 0 Å². The minimum absolute atomic E-state index is 0.127. The van der Waals surface area contributed by atoms with Crippen LogP contribution in [0.15, 0.2) is 0 Å². The number of halogens is 16. The minimum atomic E-state index is -8.23. The first-order valence-electron chi connectivity index (χ1n) is 9.41. The molecule has 0 N–H and O–H groups in total. The van der Waals surface area contributed by atoms with Crippen molar-refractivity contribution in [2.75, 3.05) is 0 Å². The molecule has 0 saturated heterocycles. The molecular formula is C17H20F15I. The average molecular weight is 636 g/mol. The smallest absolute Gasteiger partial charge is 0.199 e. The number of hydrogen-bond acceptors (Lipinski definition) is 0. The second-order valence-corrected chi connectivity index (χ2v) is 8.97. The highest BCUT2D eigenvalue weighted by Gasteiger charge is 2.93. The predicted molar refractivity (Wildman–Crippen MR) is 96.1 cm³/mol. The Balaban J connectivity index is 6.35. The Kier molecular flexibility index (Phi) is 10.2. The monoisotopic (exact) mass is 636 g/mol. The summed E-state index contributed by atoms with van der Waals surface area (Å²) in [5.41, 5.74) is 0. The van der Waals surface area contributed by atoms with E-state index < -0.39 is 58.0 Å². The van der Waals surface area contributed by atoms with Crippen molar-refractivity contribution in [3.05, 3.63) is 0 Å². The summed E-state index contributed by atoms with van der Waals surface area (Å²) in [5, 5.41) is 0. The van der Waals surface area contributed by atoms with Crippen LogP contribution in [0.2, 0.25) is 0 Å². The quantitative estimate of drug-likeness (QED) is 0.0819. The second kappa shape index (κ2) is 10.3. The van der Waals surface area contributed by atoms with E-state index in [1.54, 1.807) is 6.92 Å². The van der Waals surface area contributed by atoms with Crippen LogP contribution in [0.25, 0.3) is 0 Å². The molecule has 0 aromatic carbocycles. The van der Waals surface area contributed by atoms with Gasteiger partial charge in [-0.1, -0.05) is 62.1 Å². The average Bonchev–Trinajstić information content (AvgIpc) is 2.63. The number of rotatable bonds is 13. The topological polar surface area (TPSA) is 0 Å². The Labute approximate surface area is 192 Å². The van der Waals surface area contributed by atoms with Crippen molar-refractivity contribution in [3.8, 4) is 0 Å². The van der Waals surface area contributed by atoms with Gasteiger partial charge in [0.2, 0.25) is 0 Å². The lowest BCUT2D eigenvalue weighted by molar-refractivity contribution is -0.454. The third kappa shape index (κ3) is 5.43. The van der Waals surface area contributed by atoms with Crippen LogP contribution >= 0.6 is 22.6 Å².